The average molecular weight is 403 g/mol. The molecule has 0 aliphatic heterocycles. The van der Waals surface area contributed by atoms with Crippen LogP contribution in [0.25, 0.3) is 22.4 Å². The first-order valence-corrected chi connectivity index (χ1v) is 10.1. The Morgan fingerprint density at radius 2 is 2.03 bits per heavy atom. The van der Waals surface area contributed by atoms with Crippen molar-refractivity contribution < 1.29 is 9.32 Å². The molecule has 1 amide bonds. The minimum atomic E-state index is -0.191. The molecule has 0 spiro atoms. The highest BCUT2D eigenvalue weighted by molar-refractivity contribution is 6.07. The molecule has 0 bridgehead atoms. The zero-order valence-electron chi connectivity index (χ0n) is 17.6. The molecule has 3 aromatic heterocycles. The van der Waals surface area contributed by atoms with Crippen LogP contribution in [0.4, 0.5) is 0 Å². The standard InChI is InChI=1S/C23H25N5O2/c1-5-6-16-7-9-17(10-8-16)14(2)25-22(29)19-11-20(18-12-24-28(4)13-18)26-23-21(19)15(3)27-30-23/h7-14H,5-6H2,1-4H3,(H,25,29)/t14-/m0/s1. The summed E-state index contributed by atoms with van der Waals surface area (Å²) < 4.78 is 7.06. The van der Waals surface area contributed by atoms with Crippen molar-refractivity contribution in [1.29, 1.82) is 0 Å². The van der Waals surface area contributed by atoms with E-state index in [1.54, 1.807) is 16.9 Å². The summed E-state index contributed by atoms with van der Waals surface area (Å²) in [4.78, 5) is 17.7. The number of hydrogen-bond donors (Lipinski definition) is 1. The topological polar surface area (TPSA) is 85.8 Å². The van der Waals surface area contributed by atoms with E-state index in [1.165, 1.54) is 5.56 Å². The number of amides is 1. The van der Waals surface area contributed by atoms with E-state index in [2.05, 4.69) is 51.7 Å². The summed E-state index contributed by atoms with van der Waals surface area (Å²) in [6, 6.07) is 10.0. The molecule has 0 unspecified atom stereocenters. The second-order valence-corrected chi connectivity index (χ2v) is 7.59. The summed E-state index contributed by atoms with van der Waals surface area (Å²) in [6.45, 7) is 5.95. The molecule has 30 heavy (non-hydrogen) atoms. The number of benzene rings is 1. The highest BCUT2D eigenvalue weighted by atomic mass is 16.5. The molecule has 4 rings (SSSR count). The molecule has 0 radical (unpaired) electrons. The van der Waals surface area contributed by atoms with Crippen molar-refractivity contribution in [1.82, 2.24) is 25.2 Å². The highest BCUT2D eigenvalue weighted by Gasteiger charge is 2.21. The minimum absolute atomic E-state index is 0.140. The number of carbonyl (C=O) groups excluding carboxylic acids is 1. The van der Waals surface area contributed by atoms with Gasteiger partial charge in [0.05, 0.1) is 34.6 Å². The van der Waals surface area contributed by atoms with Crippen molar-refractivity contribution in [3.63, 3.8) is 0 Å². The van der Waals surface area contributed by atoms with Gasteiger partial charge in [0.1, 0.15) is 0 Å². The fourth-order valence-electron chi connectivity index (χ4n) is 3.59. The summed E-state index contributed by atoms with van der Waals surface area (Å²) in [5.41, 5.74) is 5.26. The van der Waals surface area contributed by atoms with Crippen LogP contribution in [-0.2, 0) is 13.5 Å². The van der Waals surface area contributed by atoms with E-state index in [9.17, 15) is 4.79 Å². The van der Waals surface area contributed by atoms with E-state index in [-0.39, 0.29) is 11.9 Å². The normalized spacial score (nSPS) is 12.3. The molecule has 0 fully saturated rings. The lowest BCUT2D eigenvalue weighted by Crippen LogP contribution is -2.27. The predicted octanol–water partition coefficient (Wildman–Crippen LogP) is 4.38. The number of nitrogens with one attached hydrogen (secondary N) is 1. The number of carbonyl (C=O) groups is 1. The van der Waals surface area contributed by atoms with Crippen LogP contribution in [0.15, 0.2) is 47.2 Å². The van der Waals surface area contributed by atoms with E-state index < -0.39 is 0 Å². The average Bonchev–Trinajstić information content (AvgIpc) is 3.34. The van der Waals surface area contributed by atoms with Gasteiger partial charge in [0.25, 0.3) is 11.6 Å². The summed E-state index contributed by atoms with van der Waals surface area (Å²) >= 11 is 0. The van der Waals surface area contributed by atoms with Crippen LogP contribution in [0, 0.1) is 6.92 Å². The second-order valence-electron chi connectivity index (χ2n) is 7.59. The highest BCUT2D eigenvalue weighted by Crippen LogP contribution is 2.27. The maximum atomic E-state index is 13.2. The molecule has 0 aliphatic carbocycles. The van der Waals surface area contributed by atoms with E-state index in [4.69, 9.17) is 4.52 Å². The van der Waals surface area contributed by atoms with Crippen LogP contribution < -0.4 is 5.32 Å². The third-order valence-electron chi connectivity index (χ3n) is 5.23. The maximum Gasteiger partial charge on any atom is 0.259 e. The largest absolute Gasteiger partial charge is 0.345 e. The molecule has 0 saturated carbocycles. The number of hydrogen-bond acceptors (Lipinski definition) is 5. The molecule has 1 N–H and O–H groups in total. The van der Waals surface area contributed by atoms with Gasteiger partial charge < -0.3 is 9.84 Å². The number of fused-ring (bicyclic) bond motifs is 1. The Morgan fingerprint density at radius 3 is 2.70 bits per heavy atom. The number of rotatable bonds is 6. The monoisotopic (exact) mass is 403 g/mol. The van der Waals surface area contributed by atoms with Crippen LogP contribution >= 0.6 is 0 Å². The van der Waals surface area contributed by atoms with Crippen LogP contribution in [0.2, 0.25) is 0 Å². The van der Waals surface area contributed by atoms with Gasteiger partial charge in [-0.3, -0.25) is 9.48 Å². The van der Waals surface area contributed by atoms with Gasteiger partial charge >= 0.3 is 0 Å². The van der Waals surface area contributed by atoms with Crippen LogP contribution in [-0.4, -0.2) is 25.8 Å². The van der Waals surface area contributed by atoms with Crippen molar-refractivity contribution in [3.8, 4) is 11.3 Å². The fraction of sp³-hybridized carbons (Fsp3) is 0.304. The summed E-state index contributed by atoms with van der Waals surface area (Å²) in [5, 5.41) is 11.9. The summed E-state index contributed by atoms with van der Waals surface area (Å²) in [6.07, 6.45) is 5.72. The predicted molar refractivity (Wildman–Crippen MR) is 115 cm³/mol. The van der Waals surface area contributed by atoms with Gasteiger partial charge in [-0.15, -0.1) is 0 Å². The first-order chi connectivity index (χ1) is 14.5. The first-order valence-electron chi connectivity index (χ1n) is 10.1. The summed E-state index contributed by atoms with van der Waals surface area (Å²) in [7, 11) is 1.84. The molecule has 3 heterocycles. The molecule has 0 saturated heterocycles. The molecule has 154 valence electrons. The molecule has 1 atom stereocenters. The second kappa shape index (κ2) is 8.10. The number of aryl methyl sites for hydroxylation is 3. The molecule has 1 aromatic carbocycles. The number of aromatic nitrogens is 4. The molecule has 7 nitrogen and oxygen atoms in total. The Morgan fingerprint density at radius 1 is 1.27 bits per heavy atom. The van der Waals surface area contributed by atoms with Gasteiger partial charge in [0.15, 0.2) is 0 Å². The lowest BCUT2D eigenvalue weighted by molar-refractivity contribution is 0.0941. The molecular weight excluding hydrogens is 378 g/mol. The summed E-state index contributed by atoms with van der Waals surface area (Å²) in [5.74, 6) is -0.191. The quantitative estimate of drug-likeness (QED) is 0.516. The Bertz CT molecular complexity index is 1190. The third kappa shape index (κ3) is 3.83. The van der Waals surface area contributed by atoms with Gasteiger partial charge in [-0.05, 0) is 37.5 Å². The van der Waals surface area contributed by atoms with Crippen molar-refractivity contribution >= 4 is 17.0 Å². The van der Waals surface area contributed by atoms with E-state index >= 15 is 0 Å². The van der Waals surface area contributed by atoms with Crippen LogP contribution in [0.1, 0.15) is 53.5 Å². The van der Waals surface area contributed by atoms with Gasteiger partial charge in [-0.1, -0.05) is 42.8 Å². The minimum Gasteiger partial charge on any atom is -0.345 e. The Kier molecular flexibility index (Phi) is 5.35. The zero-order chi connectivity index (χ0) is 21.3. The van der Waals surface area contributed by atoms with Gasteiger partial charge in [-0.2, -0.15) is 5.10 Å². The lowest BCUT2D eigenvalue weighted by Gasteiger charge is -2.15. The zero-order valence-corrected chi connectivity index (χ0v) is 17.6. The SMILES string of the molecule is CCCc1ccc([C@H](C)NC(=O)c2cc(-c3cnn(C)c3)nc3onc(C)c23)cc1. The van der Waals surface area contributed by atoms with Crippen LogP contribution in [0.3, 0.4) is 0 Å². The first kappa shape index (κ1) is 19.8. The number of nitrogens with zero attached hydrogens (tertiary/aromatic N) is 4. The molecule has 4 aromatic rings. The van der Waals surface area contributed by atoms with E-state index in [1.807, 2.05) is 27.1 Å². The smallest absolute Gasteiger partial charge is 0.259 e. The Balaban J connectivity index is 1.65. The van der Waals surface area contributed by atoms with Crippen molar-refractivity contribution in [3.05, 3.63) is 65.1 Å². The Labute approximate surface area is 175 Å². The van der Waals surface area contributed by atoms with Crippen molar-refractivity contribution in [2.75, 3.05) is 0 Å². The van der Waals surface area contributed by atoms with E-state index in [0.717, 1.165) is 24.0 Å². The van der Waals surface area contributed by atoms with E-state index in [0.29, 0.717) is 28.1 Å². The molecule has 0 aliphatic rings. The van der Waals surface area contributed by atoms with Gasteiger partial charge in [0, 0.05) is 18.8 Å². The fourth-order valence-corrected chi connectivity index (χ4v) is 3.59. The van der Waals surface area contributed by atoms with Crippen molar-refractivity contribution in [2.24, 2.45) is 7.05 Å². The van der Waals surface area contributed by atoms with Gasteiger partial charge in [0.2, 0.25) is 0 Å². The molecular formula is C23H25N5O2. The Hall–Kier alpha value is -3.48. The molecule has 7 heteroatoms. The number of pyridine rings is 1. The maximum absolute atomic E-state index is 13.2. The van der Waals surface area contributed by atoms with Crippen molar-refractivity contribution in [2.45, 2.75) is 39.7 Å². The lowest BCUT2D eigenvalue weighted by atomic mass is 10.0. The van der Waals surface area contributed by atoms with Crippen LogP contribution in [0.5, 0.6) is 0 Å². The van der Waals surface area contributed by atoms with Gasteiger partial charge in [-0.25, -0.2) is 4.98 Å². The third-order valence-corrected chi connectivity index (χ3v) is 5.23.